The van der Waals surface area contributed by atoms with E-state index in [1.807, 2.05) is 6.07 Å². The zero-order chi connectivity index (χ0) is 9.36. The highest BCUT2D eigenvalue weighted by atomic mass is 16.5. The van der Waals surface area contributed by atoms with E-state index in [1.165, 1.54) is 12.0 Å². The minimum atomic E-state index is 0.878. The van der Waals surface area contributed by atoms with Crippen molar-refractivity contribution < 1.29 is 4.74 Å². The number of unbranched alkanes of at least 4 members (excludes halogenated alkanes) is 2. The summed E-state index contributed by atoms with van der Waals surface area (Å²) in [5, 5.41) is 0. The van der Waals surface area contributed by atoms with E-state index in [-0.39, 0.29) is 0 Å². The lowest BCUT2D eigenvalue weighted by Crippen LogP contribution is -1.88. The van der Waals surface area contributed by atoms with Crippen LogP contribution in [0.3, 0.4) is 0 Å². The van der Waals surface area contributed by atoms with Crippen LogP contribution in [0.15, 0.2) is 30.3 Å². The van der Waals surface area contributed by atoms with Crippen LogP contribution in [0.2, 0.25) is 0 Å². The number of hydrogen-bond acceptors (Lipinski definition) is 1. The maximum Gasteiger partial charge on any atom is 0.0462 e. The first-order chi connectivity index (χ1) is 6.43. The molecule has 0 aliphatic carbocycles. The summed E-state index contributed by atoms with van der Waals surface area (Å²) in [5.74, 6) is 0. The van der Waals surface area contributed by atoms with Crippen LogP contribution in [0.4, 0.5) is 0 Å². The molecule has 1 aromatic carbocycles. The number of benzene rings is 1. The molecule has 0 aliphatic rings. The van der Waals surface area contributed by atoms with Crippen LogP contribution in [0.25, 0.3) is 0 Å². The molecule has 0 heterocycles. The van der Waals surface area contributed by atoms with Crippen LogP contribution in [0.5, 0.6) is 0 Å². The zero-order valence-electron chi connectivity index (χ0n) is 8.20. The molecule has 0 fully saturated rings. The molecule has 1 rings (SSSR count). The first-order valence-electron chi connectivity index (χ1n) is 4.80. The van der Waals surface area contributed by atoms with Crippen LogP contribution in [-0.4, -0.2) is 13.7 Å². The molecule has 1 heteroatoms. The summed E-state index contributed by atoms with van der Waals surface area (Å²) in [6.45, 7) is 0.878. The molecular formula is C12H17O. The Morgan fingerprint density at radius 1 is 1.15 bits per heavy atom. The molecule has 0 bridgehead atoms. The number of ether oxygens (including phenoxy) is 1. The SMILES string of the molecule is COCCCC[CH]c1ccccc1. The second-order valence-corrected chi connectivity index (χ2v) is 3.10. The predicted molar refractivity (Wildman–Crippen MR) is 55.6 cm³/mol. The van der Waals surface area contributed by atoms with Crippen LogP contribution in [-0.2, 0) is 4.74 Å². The first-order valence-corrected chi connectivity index (χ1v) is 4.80. The van der Waals surface area contributed by atoms with Gasteiger partial charge in [0.2, 0.25) is 0 Å². The molecule has 1 aromatic rings. The normalized spacial score (nSPS) is 10.2. The molecule has 0 atom stereocenters. The Kier molecular flexibility index (Phi) is 5.27. The van der Waals surface area contributed by atoms with E-state index in [0.717, 1.165) is 19.4 Å². The molecule has 71 valence electrons. The van der Waals surface area contributed by atoms with E-state index in [4.69, 9.17) is 4.74 Å². The van der Waals surface area contributed by atoms with Gasteiger partial charge in [0.1, 0.15) is 0 Å². The lowest BCUT2D eigenvalue weighted by molar-refractivity contribution is 0.193. The van der Waals surface area contributed by atoms with Gasteiger partial charge in [0.05, 0.1) is 0 Å². The summed E-state index contributed by atoms with van der Waals surface area (Å²) in [6, 6.07) is 10.5. The van der Waals surface area contributed by atoms with Crippen LogP contribution >= 0.6 is 0 Å². The molecule has 0 spiro atoms. The third-order valence-corrected chi connectivity index (χ3v) is 1.98. The zero-order valence-corrected chi connectivity index (χ0v) is 8.20. The molecule has 13 heavy (non-hydrogen) atoms. The van der Waals surface area contributed by atoms with Crippen molar-refractivity contribution in [2.75, 3.05) is 13.7 Å². The van der Waals surface area contributed by atoms with Crippen LogP contribution in [0.1, 0.15) is 24.8 Å². The number of hydrogen-bond donors (Lipinski definition) is 0. The summed E-state index contributed by atoms with van der Waals surface area (Å²) >= 11 is 0. The van der Waals surface area contributed by atoms with Crippen molar-refractivity contribution in [2.24, 2.45) is 0 Å². The van der Waals surface area contributed by atoms with E-state index < -0.39 is 0 Å². The van der Waals surface area contributed by atoms with Crippen LogP contribution in [0, 0.1) is 6.42 Å². The van der Waals surface area contributed by atoms with Gasteiger partial charge in [-0.05, 0) is 24.8 Å². The molecule has 0 aromatic heterocycles. The van der Waals surface area contributed by atoms with Crippen molar-refractivity contribution in [3.63, 3.8) is 0 Å². The van der Waals surface area contributed by atoms with Gasteiger partial charge in [-0.2, -0.15) is 0 Å². The quantitative estimate of drug-likeness (QED) is 0.607. The lowest BCUT2D eigenvalue weighted by Gasteiger charge is -2.00. The Balaban J connectivity index is 2.07. The van der Waals surface area contributed by atoms with Crippen molar-refractivity contribution in [2.45, 2.75) is 19.3 Å². The smallest absolute Gasteiger partial charge is 0.0462 e. The van der Waals surface area contributed by atoms with Crippen molar-refractivity contribution in [3.8, 4) is 0 Å². The third kappa shape index (κ3) is 4.69. The van der Waals surface area contributed by atoms with Gasteiger partial charge in [-0.1, -0.05) is 36.8 Å². The molecule has 0 saturated heterocycles. The van der Waals surface area contributed by atoms with Crippen molar-refractivity contribution in [3.05, 3.63) is 42.3 Å². The van der Waals surface area contributed by atoms with Crippen molar-refractivity contribution >= 4 is 0 Å². The maximum absolute atomic E-state index is 4.98. The molecule has 1 nitrogen and oxygen atoms in total. The minimum Gasteiger partial charge on any atom is -0.385 e. The van der Waals surface area contributed by atoms with Crippen LogP contribution < -0.4 is 0 Å². The van der Waals surface area contributed by atoms with E-state index in [0.29, 0.717) is 0 Å². The topological polar surface area (TPSA) is 9.23 Å². The summed E-state index contributed by atoms with van der Waals surface area (Å²) in [7, 11) is 1.75. The molecule has 0 unspecified atom stereocenters. The molecule has 0 saturated carbocycles. The fourth-order valence-corrected chi connectivity index (χ4v) is 1.25. The summed E-state index contributed by atoms with van der Waals surface area (Å²) in [5.41, 5.74) is 1.32. The van der Waals surface area contributed by atoms with Gasteiger partial charge in [0.25, 0.3) is 0 Å². The van der Waals surface area contributed by atoms with Gasteiger partial charge in [0, 0.05) is 13.7 Å². The third-order valence-electron chi connectivity index (χ3n) is 1.98. The molecule has 1 radical (unpaired) electrons. The maximum atomic E-state index is 4.98. The van der Waals surface area contributed by atoms with Gasteiger partial charge in [-0.25, -0.2) is 0 Å². The van der Waals surface area contributed by atoms with E-state index in [2.05, 4.69) is 30.7 Å². The number of rotatable bonds is 6. The first kappa shape index (κ1) is 10.3. The average molecular weight is 177 g/mol. The van der Waals surface area contributed by atoms with Gasteiger partial charge < -0.3 is 4.74 Å². The Bertz CT molecular complexity index is 206. The van der Waals surface area contributed by atoms with Gasteiger partial charge in [-0.15, -0.1) is 0 Å². The highest BCUT2D eigenvalue weighted by molar-refractivity contribution is 5.21. The van der Waals surface area contributed by atoms with Crippen molar-refractivity contribution in [1.82, 2.24) is 0 Å². The highest BCUT2D eigenvalue weighted by Gasteiger charge is 1.92. The second-order valence-electron chi connectivity index (χ2n) is 3.10. The van der Waals surface area contributed by atoms with E-state index >= 15 is 0 Å². The van der Waals surface area contributed by atoms with Gasteiger partial charge in [0.15, 0.2) is 0 Å². The van der Waals surface area contributed by atoms with Gasteiger partial charge >= 0.3 is 0 Å². The fraction of sp³-hybridized carbons (Fsp3) is 0.417. The molecular weight excluding hydrogens is 160 g/mol. The molecule has 0 N–H and O–H groups in total. The minimum absolute atomic E-state index is 0.878. The Morgan fingerprint density at radius 3 is 2.62 bits per heavy atom. The largest absolute Gasteiger partial charge is 0.385 e. The van der Waals surface area contributed by atoms with E-state index in [1.54, 1.807) is 7.11 Å². The predicted octanol–water partition coefficient (Wildman–Crippen LogP) is 3.06. The van der Waals surface area contributed by atoms with Crippen molar-refractivity contribution in [1.29, 1.82) is 0 Å². The monoisotopic (exact) mass is 177 g/mol. The highest BCUT2D eigenvalue weighted by Crippen LogP contribution is 2.08. The Labute approximate surface area is 80.7 Å². The summed E-state index contributed by atoms with van der Waals surface area (Å²) in [6.07, 6.45) is 5.78. The van der Waals surface area contributed by atoms with Gasteiger partial charge in [-0.3, -0.25) is 0 Å². The summed E-state index contributed by atoms with van der Waals surface area (Å²) in [4.78, 5) is 0. The fourth-order valence-electron chi connectivity index (χ4n) is 1.25. The standard InChI is InChI=1S/C12H17O/c1-13-11-7-3-6-10-12-8-4-2-5-9-12/h2,4-5,8-10H,3,6-7,11H2,1H3. The second kappa shape index (κ2) is 6.67. The molecule has 0 amide bonds. The van der Waals surface area contributed by atoms with E-state index in [9.17, 15) is 0 Å². The Hall–Kier alpha value is -0.820. The summed E-state index contributed by atoms with van der Waals surface area (Å²) < 4.78 is 4.98. The lowest BCUT2D eigenvalue weighted by atomic mass is 10.1. The Morgan fingerprint density at radius 2 is 1.92 bits per heavy atom. The average Bonchev–Trinajstić information content (AvgIpc) is 2.19. The number of methoxy groups -OCH3 is 1. The molecule has 0 aliphatic heterocycles.